The van der Waals surface area contributed by atoms with E-state index in [1.54, 1.807) is 0 Å². The molecular formula is C17H16N2O. The zero-order valence-electron chi connectivity index (χ0n) is 11.1. The summed E-state index contributed by atoms with van der Waals surface area (Å²) in [5.74, 6) is 0.699. The van der Waals surface area contributed by atoms with Crippen molar-refractivity contribution in [2.24, 2.45) is 10.2 Å². The van der Waals surface area contributed by atoms with Gasteiger partial charge in [-0.05, 0) is 17.5 Å². The molecule has 100 valence electrons. The van der Waals surface area contributed by atoms with Gasteiger partial charge in [0.15, 0.2) is 6.10 Å². The second-order valence-electron chi connectivity index (χ2n) is 4.65. The summed E-state index contributed by atoms with van der Waals surface area (Å²) >= 11 is 0. The van der Waals surface area contributed by atoms with Crippen LogP contribution in [0.15, 0.2) is 70.9 Å². The highest BCUT2D eigenvalue weighted by atomic mass is 16.5. The molecule has 0 fully saturated rings. The Kier molecular flexibility index (Phi) is 3.88. The van der Waals surface area contributed by atoms with Crippen LogP contribution in [0.1, 0.15) is 30.1 Å². The van der Waals surface area contributed by atoms with Crippen molar-refractivity contribution in [2.75, 3.05) is 0 Å². The van der Waals surface area contributed by atoms with Crippen LogP contribution >= 0.6 is 0 Å². The third-order valence-electron chi connectivity index (χ3n) is 3.20. The van der Waals surface area contributed by atoms with Crippen LogP contribution in [0.4, 0.5) is 0 Å². The predicted molar refractivity (Wildman–Crippen MR) is 81.0 cm³/mol. The van der Waals surface area contributed by atoms with Gasteiger partial charge in [0.1, 0.15) is 0 Å². The van der Waals surface area contributed by atoms with Gasteiger partial charge < -0.3 is 4.74 Å². The molecule has 3 heteroatoms. The van der Waals surface area contributed by atoms with E-state index in [1.165, 1.54) is 0 Å². The summed E-state index contributed by atoms with van der Waals surface area (Å²) < 4.78 is 6.10. The summed E-state index contributed by atoms with van der Waals surface area (Å²) in [6, 6.07) is 20.4. The summed E-state index contributed by atoms with van der Waals surface area (Å²) in [6.45, 7) is 0. The van der Waals surface area contributed by atoms with E-state index >= 15 is 0 Å². The van der Waals surface area contributed by atoms with Crippen molar-refractivity contribution in [3.05, 3.63) is 71.8 Å². The van der Waals surface area contributed by atoms with Gasteiger partial charge in [0, 0.05) is 12.6 Å². The minimum Gasteiger partial charge on any atom is -0.467 e. The Morgan fingerprint density at radius 2 is 1.45 bits per heavy atom. The molecule has 0 aliphatic carbocycles. The molecule has 0 spiro atoms. The van der Waals surface area contributed by atoms with Gasteiger partial charge in [-0.25, -0.2) is 0 Å². The van der Waals surface area contributed by atoms with Crippen LogP contribution in [-0.4, -0.2) is 12.1 Å². The number of hydrogen-bond acceptors (Lipinski definition) is 3. The Morgan fingerprint density at radius 3 is 1.95 bits per heavy atom. The molecule has 0 atom stereocenters. The minimum atomic E-state index is -0.135. The van der Waals surface area contributed by atoms with Gasteiger partial charge in [-0.3, -0.25) is 0 Å². The first-order chi connectivity index (χ1) is 9.93. The van der Waals surface area contributed by atoms with Gasteiger partial charge in [0.05, 0.1) is 0 Å². The maximum absolute atomic E-state index is 6.10. The maximum Gasteiger partial charge on any atom is 0.209 e. The van der Waals surface area contributed by atoms with Gasteiger partial charge in [0.2, 0.25) is 5.90 Å². The average molecular weight is 264 g/mol. The molecule has 2 aromatic carbocycles. The molecule has 3 rings (SSSR count). The zero-order chi connectivity index (χ0) is 13.6. The highest BCUT2D eigenvalue weighted by molar-refractivity contribution is 5.81. The van der Waals surface area contributed by atoms with Gasteiger partial charge >= 0.3 is 0 Å². The smallest absolute Gasteiger partial charge is 0.209 e. The predicted octanol–water partition coefficient (Wildman–Crippen LogP) is 3.97. The van der Waals surface area contributed by atoms with Crippen LogP contribution < -0.4 is 0 Å². The van der Waals surface area contributed by atoms with Gasteiger partial charge in [-0.2, -0.15) is 5.10 Å². The van der Waals surface area contributed by atoms with E-state index in [2.05, 4.69) is 34.5 Å². The molecule has 1 aliphatic heterocycles. The number of rotatable bonds is 3. The zero-order valence-corrected chi connectivity index (χ0v) is 11.1. The molecule has 0 aromatic heterocycles. The van der Waals surface area contributed by atoms with E-state index in [0.717, 1.165) is 24.0 Å². The molecule has 20 heavy (non-hydrogen) atoms. The molecule has 0 radical (unpaired) electrons. The molecule has 1 heterocycles. The fourth-order valence-corrected chi connectivity index (χ4v) is 2.20. The van der Waals surface area contributed by atoms with Gasteiger partial charge in [-0.1, -0.05) is 60.7 Å². The first kappa shape index (κ1) is 12.6. The fourth-order valence-electron chi connectivity index (χ4n) is 2.20. The molecule has 0 N–H and O–H groups in total. The lowest BCUT2D eigenvalue weighted by Crippen LogP contribution is -2.14. The second-order valence-corrected chi connectivity index (χ2v) is 4.65. The van der Waals surface area contributed by atoms with Crippen LogP contribution in [0.5, 0.6) is 0 Å². The Morgan fingerprint density at radius 1 is 0.850 bits per heavy atom. The summed E-state index contributed by atoms with van der Waals surface area (Å²) in [6.07, 6.45) is 3.37. The molecule has 0 unspecified atom stereocenters. The molecule has 0 amide bonds. The van der Waals surface area contributed by atoms with Crippen molar-refractivity contribution in [1.29, 1.82) is 0 Å². The Balaban J connectivity index is 1.92. The van der Waals surface area contributed by atoms with Crippen LogP contribution in [0, 0.1) is 0 Å². The monoisotopic (exact) mass is 264 g/mol. The quantitative estimate of drug-likeness (QED) is 0.825. The van der Waals surface area contributed by atoms with E-state index in [1.807, 2.05) is 42.6 Å². The third-order valence-corrected chi connectivity index (χ3v) is 3.20. The summed E-state index contributed by atoms with van der Waals surface area (Å²) in [5.41, 5.74) is 2.24. The lowest BCUT2D eigenvalue weighted by atomic mass is 10.0. The van der Waals surface area contributed by atoms with Gasteiger partial charge in [-0.15, -0.1) is 5.10 Å². The summed E-state index contributed by atoms with van der Waals surface area (Å²) in [4.78, 5) is 0. The van der Waals surface area contributed by atoms with Crippen molar-refractivity contribution >= 4 is 12.1 Å². The molecule has 0 bridgehead atoms. The van der Waals surface area contributed by atoms with E-state index in [-0.39, 0.29) is 6.10 Å². The highest BCUT2D eigenvalue weighted by Gasteiger charge is 2.18. The summed E-state index contributed by atoms with van der Waals surface area (Å²) in [7, 11) is 0. The molecular weight excluding hydrogens is 248 g/mol. The lowest BCUT2D eigenvalue weighted by Gasteiger charge is -2.21. The first-order valence-corrected chi connectivity index (χ1v) is 6.78. The SMILES string of the molecule is C1=NN=C(OC(c2ccccc2)c2ccccc2)CC1. The largest absolute Gasteiger partial charge is 0.467 e. The standard InChI is InChI=1S/C17H16N2O/c1-3-8-14(9-4-1)17(15-10-5-2-6-11-15)20-16-12-7-13-18-19-16/h1-6,8-11,13,17H,7,12H2. The third kappa shape index (κ3) is 2.94. The lowest BCUT2D eigenvalue weighted by molar-refractivity contribution is 0.224. The number of nitrogens with zero attached hydrogens (tertiary/aromatic N) is 2. The fraction of sp³-hybridized carbons (Fsp3) is 0.176. The van der Waals surface area contributed by atoms with Crippen molar-refractivity contribution in [3.63, 3.8) is 0 Å². The number of benzene rings is 2. The van der Waals surface area contributed by atoms with Crippen molar-refractivity contribution < 1.29 is 4.74 Å². The number of ether oxygens (including phenoxy) is 1. The second kappa shape index (κ2) is 6.15. The van der Waals surface area contributed by atoms with Crippen LogP contribution in [0.3, 0.4) is 0 Å². The molecule has 0 saturated heterocycles. The average Bonchev–Trinajstić information content (AvgIpc) is 2.55. The van der Waals surface area contributed by atoms with Gasteiger partial charge in [0.25, 0.3) is 0 Å². The number of hydrogen-bond donors (Lipinski definition) is 0. The van der Waals surface area contributed by atoms with Crippen molar-refractivity contribution in [2.45, 2.75) is 18.9 Å². The topological polar surface area (TPSA) is 34.0 Å². The van der Waals surface area contributed by atoms with Crippen LogP contribution in [-0.2, 0) is 4.74 Å². The van der Waals surface area contributed by atoms with E-state index in [4.69, 9.17) is 4.74 Å². The molecule has 2 aromatic rings. The Labute approximate surface area is 118 Å². The van der Waals surface area contributed by atoms with Crippen LogP contribution in [0.2, 0.25) is 0 Å². The molecule has 3 nitrogen and oxygen atoms in total. The Bertz CT molecular complexity index is 566. The normalized spacial score (nSPS) is 14.2. The first-order valence-electron chi connectivity index (χ1n) is 6.78. The summed E-state index contributed by atoms with van der Waals surface area (Å²) in [5, 5.41) is 8.02. The highest BCUT2D eigenvalue weighted by Crippen LogP contribution is 2.27. The van der Waals surface area contributed by atoms with Crippen molar-refractivity contribution in [3.8, 4) is 0 Å². The minimum absolute atomic E-state index is 0.135. The Hall–Kier alpha value is -2.42. The van der Waals surface area contributed by atoms with Crippen molar-refractivity contribution in [1.82, 2.24) is 0 Å². The van der Waals surface area contributed by atoms with E-state index in [0.29, 0.717) is 5.90 Å². The molecule has 1 aliphatic rings. The van der Waals surface area contributed by atoms with E-state index in [9.17, 15) is 0 Å². The maximum atomic E-state index is 6.10. The van der Waals surface area contributed by atoms with E-state index < -0.39 is 0 Å². The molecule has 0 saturated carbocycles. The van der Waals surface area contributed by atoms with Crippen LogP contribution in [0.25, 0.3) is 0 Å².